The van der Waals surface area contributed by atoms with Gasteiger partial charge in [0.05, 0.1) is 25.3 Å². The van der Waals surface area contributed by atoms with Crippen LogP contribution in [-0.4, -0.2) is 25.7 Å². The number of anilines is 1. The van der Waals surface area contributed by atoms with Gasteiger partial charge in [-0.1, -0.05) is 18.2 Å². The number of esters is 1. The normalized spacial score (nSPS) is 15.2. The molecule has 1 aromatic rings. The van der Waals surface area contributed by atoms with Crippen molar-refractivity contribution >= 4 is 11.7 Å². The minimum atomic E-state index is -0.302. The van der Waals surface area contributed by atoms with Gasteiger partial charge in [-0.25, -0.2) is 4.79 Å². The highest BCUT2D eigenvalue weighted by Crippen LogP contribution is 2.22. The number of carbonyl (C=O) groups excluding carboxylic acids is 1. The van der Waals surface area contributed by atoms with Gasteiger partial charge in [-0.3, -0.25) is 0 Å². The first-order valence-corrected chi connectivity index (χ1v) is 5.67. The number of ether oxygens (including phenoxy) is 1. The lowest BCUT2D eigenvalue weighted by Crippen LogP contribution is -2.22. The number of hydrogen-bond acceptors (Lipinski definition) is 4. The maximum Gasteiger partial charge on any atom is 0.337 e. The standard InChI is InChI=1S/C13H16N2O2/c1-2-17-13(16)11-8-15(9-12(11)14)10-6-4-3-5-7-10/h3-7H,2,8-9,14H2,1H3. The van der Waals surface area contributed by atoms with Crippen LogP contribution in [0.5, 0.6) is 0 Å². The zero-order chi connectivity index (χ0) is 12.3. The largest absolute Gasteiger partial charge is 0.463 e. The van der Waals surface area contributed by atoms with Crippen molar-refractivity contribution < 1.29 is 9.53 Å². The van der Waals surface area contributed by atoms with E-state index in [0.717, 1.165) is 5.69 Å². The van der Waals surface area contributed by atoms with Crippen LogP contribution in [0, 0.1) is 0 Å². The quantitative estimate of drug-likeness (QED) is 0.798. The molecule has 0 fully saturated rings. The highest BCUT2D eigenvalue weighted by molar-refractivity contribution is 5.91. The molecule has 1 aromatic carbocycles. The summed E-state index contributed by atoms with van der Waals surface area (Å²) in [6, 6.07) is 9.90. The van der Waals surface area contributed by atoms with Gasteiger partial charge in [0.2, 0.25) is 0 Å². The maximum absolute atomic E-state index is 11.6. The molecule has 0 bridgehead atoms. The first-order valence-electron chi connectivity index (χ1n) is 5.67. The number of nitrogens with zero attached hydrogens (tertiary/aromatic N) is 1. The Hall–Kier alpha value is -1.97. The monoisotopic (exact) mass is 232 g/mol. The van der Waals surface area contributed by atoms with Gasteiger partial charge in [0.1, 0.15) is 0 Å². The fourth-order valence-corrected chi connectivity index (χ4v) is 1.88. The summed E-state index contributed by atoms with van der Waals surface area (Å²) in [5.74, 6) is -0.302. The Bertz CT molecular complexity index is 440. The molecule has 0 aliphatic carbocycles. The van der Waals surface area contributed by atoms with E-state index in [1.165, 1.54) is 0 Å². The Morgan fingerprint density at radius 1 is 1.35 bits per heavy atom. The molecule has 0 saturated heterocycles. The molecule has 1 heterocycles. The van der Waals surface area contributed by atoms with Gasteiger partial charge < -0.3 is 15.4 Å². The second-order valence-electron chi connectivity index (χ2n) is 3.92. The summed E-state index contributed by atoms with van der Waals surface area (Å²) in [6.45, 7) is 3.27. The van der Waals surface area contributed by atoms with Gasteiger partial charge in [0.15, 0.2) is 0 Å². The SMILES string of the molecule is CCOC(=O)C1=C(N)CN(c2ccccc2)C1. The van der Waals surface area contributed by atoms with Crippen LogP contribution in [-0.2, 0) is 9.53 Å². The molecular weight excluding hydrogens is 216 g/mol. The molecule has 0 spiro atoms. The molecule has 1 aliphatic rings. The Morgan fingerprint density at radius 2 is 2.06 bits per heavy atom. The summed E-state index contributed by atoms with van der Waals surface area (Å²) < 4.78 is 4.98. The topological polar surface area (TPSA) is 55.6 Å². The Labute approximate surface area is 101 Å². The molecule has 2 rings (SSSR count). The maximum atomic E-state index is 11.6. The zero-order valence-corrected chi connectivity index (χ0v) is 9.85. The van der Waals surface area contributed by atoms with Crippen molar-refractivity contribution in [3.05, 3.63) is 41.6 Å². The number of hydrogen-bond donors (Lipinski definition) is 1. The molecule has 0 amide bonds. The molecule has 0 aromatic heterocycles. The van der Waals surface area contributed by atoms with Crippen molar-refractivity contribution in [3.8, 4) is 0 Å². The third-order valence-corrected chi connectivity index (χ3v) is 2.74. The van der Waals surface area contributed by atoms with Crippen molar-refractivity contribution in [2.75, 3.05) is 24.6 Å². The summed E-state index contributed by atoms with van der Waals surface area (Å²) in [5.41, 5.74) is 8.12. The van der Waals surface area contributed by atoms with E-state index in [9.17, 15) is 4.79 Å². The molecule has 4 nitrogen and oxygen atoms in total. The van der Waals surface area contributed by atoms with Gasteiger partial charge >= 0.3 is 5.97 Å². The van der Waals surface area contributed by atoms with Crippen molar-refractivity contribution in [2.45, 2.75) is 6.92 Å². The van der Waals surface area contributed by atoms with E-state index in [2.05, 4.69) is 4.90 Å². The van der Waals surface area contributed by atoms with Gasteiger partial charge in [-0.2, -0.15) is 0 Å². The number of carbonyl (C=O) groups is 1. The highest BCUT2D eigenvalue weighted by Gasteiger charge is 2.25. The van der Waals surface area contributed by atoms with E-state index in [0.29, 0.717) is 31.0 Å². The van der Waals surface area contributed by atoms with Crippen LogP contribution in [0.1, 0.15) is 6.92 Å². The summed E-state index contributed by atoms with van der Waals surface area (Å²) in [5, 5.41) is 0. The van der Waals surface area contributed by atoms with E-state index in [-0.39, 0.29) is 5.97 Å². The van der Waals surface area contributed by atoms with E-state index in [1.807, 2.05) is 30.3 Å². The van der Waals surface area contributed by atoms with Gasteiger partial charge in [0.25, 0.3) is 0 Å². The van der Waals surface area contributed by atoms with Crippen LogP contribution in [0.25, 0.3) is 0 Å². The van der Waals surface area contributed by atoms with Gasteiger partial charge in [-0.15, -0.1) is 0 Å². The van der Waals surface area contributed by atoms with Crippen molar-refractivity contribution in [1.82, 2.24) is 0 Å². The third-order valence-electron chi connectivity index (χ3n) is 2.74. The number of rotatable bonds is 3. The van der Waals surface area contributed by atoms with E-state index >= 15 is 0 Å². The van der Waals surface area contributed by atoms with Crippen LogP contribution < -0.4 is 10.6 Å². The van der Waals surface area contributed by atoms with E-state index in [1.54, 1.807) is 6.92 Å². The lowest BCUT2D eigenvalue weighted by atomic mass is 10.2. The summed E-state index contributed by atoms with van der Waals surface area (Å²) in [7, 11) is 0. The van der Waals surface area contributed by atoms with Crippen LogP contribution >= 0.6 is 0 Å². The second kappa shape index (κ2) is 4.91. The Kier molecular flexibility index (Phi) is 3.32. The molecule has 0 atom stereocenters. The first kappa shape index (κ1) is 11.5. The fourth-order valence-electron chi connectivity index (χ4n) is 1.88. The molecule has 2 N–H and O–H groups in total. The molecule has 0 radical (unpaired) electrons. The fraction of sp³-hybridized carbons (Fsp3) is 0.308. The lowest BCUT2D eigenvalue weighted by Gasteiger charge is -2.18. The van der Waals surface area contributed by atoms with E-state index < -0.39 is 0 Å². The minimum absolute atomic E-state index is 0.302. The third kappa shape index (κ3) is 2.41. The van der Waals surface area contributed by atoms with Gasteiger partial charge in [-0.05, 0) is 19.1 Å². The molecule has 4 heteroatoms. The van der Waals surface area contributed by atoms with Crippen LogP contribution in [0.3, 0.4) is 0 Å². The van der Waals surface area contributed by atoms with Crippen molar-refractivity contribution in [3.63, 3.8) is 0 Å². The Balaban J connectivity index is 2.09. The van der Waals surface area contributed by atoms with Crippen molar-refractivity contribution in [1.29, 1.82) is 0 Å². The highest BCUT2D eigenvalue weighted by atomic mass is 16.5. The second-order valence-corrected chi connectivity index (χ2v) is 3.92. The summed E-state index contributed by atoms with van der Waals surface area (Å²) in [6.07, 6.45) is 0. The van der Waals surface area contributed by atoms with E-state index in [4.69, 9.17) is 10.5 Å². The molecule has 0 unspecified atom stereocenters. The average molecular weight is 232 g/mol. The predicted octanol–water partition coefficient (Wildman–Crippen LogP) is 1.28. The summed E-state index contributed by atoms with van der Waals surface area (Å²) in [4.78, 5) is 13.7. The summed E-state index contributed by atoms with van der Waals surface area (Å²) >= 11 is 0. The molecular formula is C13H16N2O2. The minimum Gasteiger partial charge on any atom is -0.463 e. The van der Waals surface area contributed by atoms with Crippen molar-refractivity contribution in [2.24, 2.45) is 5.73 Å². The van der Waals surface area contributed by atoms with Crippen LogP contribution in [0.2, 0.25) is 0 Å². The molecule has 0 saturated carbocycles. The average Bonchev–Trinajstić information content (AvgIpc) is 2.73. The van der Waals surface area contributed by atoms with Crippen LogP contribution in [0.4, 0.5) is 5.69 Å². The van der Waals surface area contributed by atoms with Crippen LogP contribution in [0.15, 0.2) is 41.6 Å². The lowest BCUT2D eigenvalue weighted by molar-refractivity contribution is -0.138. The molecule has 90 valence electrons. The Morgan fingerprint density at radius 3 is 2.71 bits per heavy atom. The molecule has 17 heavy (non-hydrogen) atoms. The predicted molar refractivity (Wildman–Crippen MR) is 66.5 cm³/mol. The number of nitrogens with two attached hydrogens (primary N) is 1. The smallest absolute Gasteiger partial charge is 0.337 e. The number of para-hydroxylation sites is 1. The first-order chi connectivity index (χ1) is 8.22. The number of benzene rings is 1. The molecule has 1 aliphatic heterocycles. The van der Waals surface area contributed by atoms with Gasteiger partial charge in [0, 0.05) is 11.4 Å². The zero-order valence-electron chi connectivity index (χ0n) is 9.85.